The second-order valence-corrected chi connectivity index (χ2v) is 7.53. The van der Waals surface area contributed by atoms with Gasteiger partial charge in [-0.2, -0.15) is 0 Å². The first-order valence-electron chi connectivity index (χ1n) is 10.4. The maximum Gasteiger partial charge on any atom is 0.273 e. The molecule has 0 heterocycles. The van der Waals surface area contributed by atoms with Gasteiger partial charge in [-0.05, 0) is 38.5 Å². The Morgan fingerprint density at radius 2 is 1.72 bits per heavy atom. The third kappa shape index (κ3) is 7.19. The molecule has 0 bridgehead atoms. The van der Waals surface area contributed by atoms with Gasteiger partial charge < -0.3 is 15.5 Å². The third-order valence-electron chi connectivity index (χ3n) is 4.84. The first-order valence-corrected chi connectivity index (χ1v) is 10.4. The van der Waals surface area contributed by atoms with E-state index in [9.17, 15) is 24.5 Å². The zero-order chi connectivity index (χ0) is 23.7. The minimum absolute atomic E-state index is 0.142. The lowest BCUT2D eigenvalue weighted by Crippen LogP contribution is -2.43. The third-order valence-corrected chi connectivity index (χ3v) is 4.84. The normalized spacial score (nSPS) is 10.3. The van der Waals surface area contributed by atoms with Gasteiger partial charge in [0.15, 0.2) is 0 Å². The fourth-order valence-electron chi connectivity index (χ4n) is 2.97. The Morgan fingerprint density at radius 1 is 1.03 bits per heavy atom. The molecule has 32 heavy (non-hydrogen) atoms. The molecule has 0 aliphatic heterocycles. The van der Waals surface area contributed by atoms with Crippen LogP contribution < -0.4 is 10.6 Å². The lowest BCUT2D eigenvalue weighted by atomic mass is 10.1. The van der Waals surface area contributed by atoms with Crippen molar-refractivity contribution in [2.45, 2.75) is 33.6 Å². The number of nitro benzene ring substituents is 1. The molecule has 0 unspecified atom stereocenters. The number of nitrogens with zero attached hydrogens (tertiary/aromatic N) is 2. The van der Waals surface area contributed by atoms with Crippen LogP contribution in [-0.2, 0) is 9.59 Å². The maximum atomic E-state index is 12.9. The van der Waals surface area contributed by atoms with Crippen molar-refractivity contribution in [1.82, 2.24) is 10.2 Å². The summed E-state index contributed by atoms with van der Waals surface area (Å²) in [6, 6.07) is 11.5. The predicted molar refractivity (Wildman–Crippen MR) is 121 cm³/mol. The molecule has 0 spiro atoms. The summed E-state index contributed by atoms with van der Waals surface area (Å²) in [5, 5.41) is 16.4. The molecule has 2 N–H and O–H groups in total. The monoisotopic (exact) mass is 440 g/mol. The number of carbonyl (C=O) groups excluding carboxylic acids is 3. The molecule has 0 aromatic heterocycles. The van der Waals surface area contributed by atoms with Crippen LogP contribution >= 0.6 is 0 Å². The molecule has 2 aromatic rings. The number of hydrogen-bond acceptors (Lipinski definition) is 5. The summed E-state index contributed by atoms with van der Waals surface area (Å²) >= 11 is 0. The van der Waals surface area contributed by atoms with Crippen LogP contribution in [0, 0.1) is 24.0 Å². The highest BCUT2D eigenvalue weighted by Crippen LogP contribution is 2.20. The minimum atomic E-state index is -0.540. The molecule has 3 amide bonds. The van der Waals surface area contributed by atoms with E-state index in [4.69, 9.17) is 0 Å². The molecule has 0 aliphatic rings. The van der Waals surface area contributed by atoms with Crippen molar-refractivity contribution in [3.05, 3.63) is 69.3 Å². The van der Waals surface area contributed by atoms with Crippen molar-refractivity contribution in [2.24, 2.45) is 0 Å². The largest absolute Gasteiger partial charge is 0.345 e. The van der Waals surface area contributed by atoms with E-state index in [2.05, 4.69) is 10.6 Å². The van der Waals surface area contributed by atoms with Crippen LogP contribution in [0.15, 0.2) is 42.5 Å². The molecule has 0 aliphatic carbocycles. The average Bonchev–Trinajstić information content (AvgIpc) is 2.76. The van der Waals surface area contributed by atoms with Crippen molar-refractivity contribution >= 4 is 29.1 Å². The average molecular weight is 441 g/mol. The molecule has 0 atom stereocenters. The smallest absolute Gasteiger partial charge is 0.273 e. The second-order valence-electron chi connectivity index (χ2n) is 7.53. The quantitative estimate of drug-likeness (QED) is 0.434. The maximum absolute atomic E-state index is 12.9. The zero-order valence-corrected chi connectivity index (χ0v) is 18.5. The van der Waals surface area contributed by atoms with E-state index in [1.165, 1.54) is 23.1 Å². The van der Waals surface area contributed by atoms with Crippen LogP contribution in [0.5, 0.6) is 0 Å². The first kappa shape index (κ1) is 24.5. The van der Waals surface area contributed by atoms with Gasteiger partial charge in [-0.15, -0.1) is 0 Å². The molecule has 9 heteroatoms. The fraction of sp³-hybridized carbons (Fsp3) is 0.348. The van der Waals surface area contributed by atoms with Crippen LogP contribution in [-0.4, -0.2) is 47.2 Å². The number of anilines is 1. The summed E-state index contributed by atoms with van der Waals surface area (Å²) in [5.41, 5.74) is 2.12. The van der Waals surface area contributed by atoms with Crippen molar-refractivity contribution in [3.63, 3.8) is 0 Å². The number of aryl methyl sites for hydroxylation is 2. The molecule has 0 radical (unpaired) electrons. The van der Waals surface area contributed by atoms with Crippen LogP contribution in [0.25, 0.3) is 0 Å². The topological polar surface area (TPSA) is 122 Å². The first-order chi connectivity index (χ1) is 15.2. The molecule has 0 fully saturated rings. The molecule has 170 valence electrons. The number of rotatable bonds is 10. The van der Waals surface area contributed by atoms with Gasteiger partial charge in [0.2, 0.25) is 11.8 Å². The van der Waals surface area contributed by atoms with Gasteiger partial charge in [0.1, 0.15) is 0 Å². The van der Waals surface area contributed by atoms with Crippen LogP contribution in [0.3, 0.4) is 0 Å². The van der Waals surface area contributed by atoms with Gasteiger partial charge in [0.25, 0.3) is 11.6 Å². The Labute approximate surface area is 186 Å². The number of amides is 3. The molecule has 2 rings (SSSR count). The summed E-state index contributed by atoms with van der Waals surface area (Å²) in [6.45, 7) is 5.31. The van der Waals surface area contributed by atoms with Gasteiger partial charge in [-0.3, -0.25) is 24.5 Å². The zero-order valence-electron chi connectivity index (χ0n) is 18.5. The Balaban J connectivity index is 2.00. The van der Waals surface area contributed by atoms with Crippen LogP contribution in [0.1, 0.15) is 41.3 Å². The van der Waals surface area contributed by atoms with Crippen LogP contribution in [0.2, 0.25) is 0 Å². The lowest BCUT2D eigenvalue weighted by Gasteiger charge is -2.22. The Kier molecular flexibility index (Phi) is 8.88. The van der Waals surface area contributed by atoms with Crippen LogP contribution in [0.4, 0.5) is 11.4 Å². The van der Waals surface area contributed by atoms with Crippen molar-refractivity contribution < 1.29 is 19.3 Å². The Morgan fingerprint density at radius 3 is 2.34 bits per heavy atom. The molecule has 0 saturated heterocycles. The fourth-order valence-corrected chi connectivity index (χ4v) is 2.97. The van der Waals surface area contributed by atoms with Gasteiger partial charge in [0.05, 0.1) is 18.0 Å². The molecule has 0 saturated carbocycles. The van der Waals surface area contributed by atoms with Gasteiger partial charge >= 0.3 is 0 Å². The second kappa shape index (κ2) is 11.6. The van der Waals surface area contributed by atoms with Gasteiger partial charge in [-0.1, -0.05) is 37.1 Å². The van der Waals surface area contributed by atoms with Gasteiger partial charge in [0, 0.05) is 29.4 Å². The van der Waals surface area contributed by atoms with E-state index < -0.39 is 16.7 Å². The number of benzene rings is 2. The molecule has 9 nitrogen and oxygen atoms in total. The molecule has 2 aromatic carbocycles. The molecular weight excluding hydrogens is 412 g/mol. The van der Waals surface area contributed by atoms with E-state index in [0.29, 0.717) is 24.2 Å². The van der Waals surface area contributed by atoms with Crippen molar-refractivity contribution in [3.8, 4) is 0 Å². The highest BCUT2D eigenvalue weighted by Gasteiger charge is 2.22. The lowest BCUT2D eigenvalue weighted by molar-refractivity contribution is -0.385. The standard InChI is InChI=1S/C23H28N4O5/c1-4-5-12-26(23(30)18-9-8-17(3)20(13-18)27(31)32)15-22(29)24-14-21(28)25-19-10-6-16(2)7-11-19/h6-11,13H,4-5,12,14-15H2,1-3H3,(H,24,29)(H,25,28). The highest BCUT2D eigenvalue weighted by atomic mass is 16.6. The summed E-state index contributed by atoms with van der Waals surface area (Å²) < 4.78 is 0. The van der Waals surface area contributed by atoms with Crippen molar-refractivity contribution in [1.29, 1.82) is 0 Å². The van der Waals surface area contributed by atoms with E-state index in [-0.39, 0.29) is 30.2 Å². The van der Waals surface area contributed by atoms with Gasteiger partial charge in [-0.25, -0.2) is 0 Å². The SMILES string of the molecule is CCCCN(CC(=O)NCC(=O)Nc1ccc(C)cc1)C(=O)c1ccc(C)c([N+](=O)[O-])c1. The number of carbonyl (C=O) groups is 3. The summed E-state index contributed by atoms with van der Waals surface area (Å²) in [6.07, 6.45) is 1.47. The van der Waals surface area contributed by atoms with E-state index in [0.717, 1.165) is 12.0 Å². The minimum Gasteiger partial charge on any atom is -0.345 e. The Hall–Kier alpha value is -3.75. The van der Waals surface area contributed by atoms with Crippen molar-refractivity contribution in [2.75, 3.05) is 25.0 Å². The highest BCUT2D eigenvalue weighted by molar-refractivity contribution is 5.98. The van der Waals surface area contributed by atoms with E-state index in [1.54, 1.807) is 19.1 Å². The summed E-state index contributed by atoms with van der Waals surface area (Å²) in [5.74, 6) is -1.35. The number of hydrogen-bond donors (Lipinski definition) is 2. The number of unbranched alkanes of at least 4 members (excludes halogenated alkanes) is 1. The van der Waals surface area contributed by atoms with E-state index in [1.807, 2.05) is 26.0 Å². The number of nitro groups is 1. The summed E-state index contributed by atoms with van der Waals surface area (Å²) in [4.78, 5) is 49.4. The van der Waals surface area contributed by atoms with E-state index >= 15 is 0 Å². The predicted octanol–water partition coefficient (Wildman–Crippen LogP) is 3.21. The summed E-state index contributed by atoms with van der Waals surface area (Å²) in [7, 11) is 0. The molecular formula is C23H28N4O5. The number of nitrogens with one attached hydrogen (secondary N) is 2. The Bertz CT molecular complexity index is 988.